The number of hydrogen-bond acceptors (Lipinski definition) is 4. The van der Waals surface area contributed by atoms with E-state index in [2.05, 4.69) is 10.2 Å². The van der Waals surface area contributed by atoms with E-state index in [0.717, 1.165) is 38.9 Å². The molecule has 0 bridgehead atoms. The van der Waals surface area contributed by atoms with Crippen LogP contribution in [0.25, 0.3) is 0 Å². The van der Waals surface area contributed by atoms with Gasteiger partial charge >= 0.3 is 0 Å². The Bertz CT molecular complexity index is 461. The molecule has 0 aromatic rings. The third-order valence-corrected chi connectivity index (χ3v) is 4.78. The van der Waals surface area contributed by atoms with Crippen LogP contribution in [0.5, 0.6) is 0 Å². The smallest absolute Gasteiger partial charge is 0.242 e. The zero-order valence-corrected chi connectivity index (χ0v) is 14.9. The average molecular weight is 338 g/mol. The SMILES string of the molecule is CCN(CC)C(=O)CN1CCCN(C(=O)CNC(=O)C2CC2)CC1. The number of nitrogens with one attached hydrogen (secondary N) is 1. The fourth-order valence-corrected chi connectivity index (χ4v) is 3.01. The van der Waals surface area contributed by atoms with Crippen LogP contribution in [-0.2, 0) is 14.4 Å². The van der Waals surface area contributed by atoms with Crippen molar-refractivity contribution < 1.29 is 14.4 Å². The Balaban J connectivity index is 1.73. The molecule has 7 nitrogen and oxygen atoms in total. The molecule has 1 heterocycles. The van der Waals surface area contributed by atoms with Crippen LogP contribution in [0.4, 0.5) is 0 Å². The third-order valence-electron chi connectivity index (χ3n) is 4.78. The summed E-state index contributed by atoms with van der Waals surface area (Å²) in [6.07, 6.45) is 2.74. The van der Waals surface area contributed by atoms with Crippen molar-refractivity contribution in [3.63, 3.8) is 0 Å². The molecule has 1 saturated carbocycles. The molecule has 2 rings (SSSR count). The predicted molar refractivity (Wildman–Crippen MR) is 91.3 cm³/mol. The highest BCUT2D eigenvalue weighted by Gasteiger charge is 2.30. The molecular weight excluding hydrogens is 308 g/mol. The highest BCUT2D eigenvalue weighted by molar-refractivity contribution is 5.87. The maximum Gasteiger partial charge on any atom is 0.242 e. The molecule has 0 atom stereocenters. The third kappa shape index (κ3) is 5.47. The first-order valence-corrected chi connectivity index (χ1v) is 9.10. The minimum absolute atomic E-state index is 0.00428. The van der Waals surface area contributed by atoms with E-state index in [0.29, 0.717) is 26.2 Å². The molecule has 136 valence electrons. The first kappa shape index (κ1) is 18.7. The van der Waals surface area contributed by atoms with Crippen molar-refractivity contribution in [2.75, 3.05) is 52.4 Å². The number of carbonyl (C=O) groups is 3. The number of carbonyl (C=O) groups excluding carboxylic acids is 3. The van der Waals surface area contributed by atoms with E-state index in [4.69, 9.17) is 0 Å². The predicted octanol–water partition coefficient (Wildman–Crippen LogP) is -0.0847. The molecule has 1 N–H and O–H groups in total. The van der Waals surface area contributed by atoms with Crippen LogP contribution < -0.4 is 5.32 Å². The lowest BCUT2D eigenvalue weighted by Gasteiger charge is -2.25. The Hall–Kier alpha value is -1.63. The quantitative estimate of drug-likeness (QED) is 0.704. The summed E-state index contributed by atoms with van der Waals surface area (Å²) in [5.74, 6) is 0.255. The topological polar surface area (TPSA) is 73.0 Å². The second kappa shape index (κ2) is 9.01. The monoisotopic (exact) mass is 338 g/mol. The number of nitrogens with zero attached hydrogens (tertiary/aromatic N) is 3. The van der Waals surface area contributed by atoms with Crippen LogP contribution in [0.1, 0.15) is 33.1 Å². The Morgan fingerprint density at radius 3 is 2.38 bits per heavy atom. The summed E-state index contributed by atoms with van der Waals surface area (Å²) in [5, 5.41) is 2.73. The summed E-state index contributed by atoms with van der Waals surface area (Å²) in [4.78, 5) is 41.8. The molecule has 1 aliphatic carbocycles. The molecule has 0 unspecified atom stereocenters. The van der Waals surface area contributed by atoms with E-state index in [9.17, 15) is 14.4 Å². The van der Waals surface area contributed by atoms with E-state index in [1.807, 2.05) is 18.7 Å². The van der Waals surface area contributed by atoms with Gasteiger partial charge in [-0.15, -0.1) is 0 Å². The van der Waals surface area contributed by atoms with Crippen molar-refractivity contribution in [3.05, 3.63) is 0 Å². The average Bonchev–Trinajstić information content (AvgIpc) is 3.41. The molecule has 2 fully saturated rings. The largest absolute Gasteiger partial charge is 0.347 e. The summed E-state index contributed by atoms with van der Waals surface area (Å²) < 4.78 is 0. The minimum atomic E-state index is -0.0269. The van der Waals surface area contributed by atoms with Crippen LogP contribution in [-0.4, -0.2) is 84.8 Å². The number of likely N-dealkylation sites (N-methyl/N-ethyl adjacent to an activating group) is 1. The van der Waals surface area contributed by atoms with Gasteiger partial charge in [0.05, 0.1) is 13.1 Å². The Kier molecular flexibility index (Phi) is 7.02. The van der Waals surface area contributed by atoms with Gasteiger partial charge in [0.15, 0.2) is 0 Å². The summed E-state index contributed by atoms with van der Waals surface area (Å²) in [5.41, 5.74) is 0. The van der Waals surface area contributed by atoms with Crippen LogP contribution in [0.2, 0.25) is 0 Å². The zero-order valence-electron chi connectivity index (χ0n) is 14.9. The second-order valence-corrected chi connectivity index (χ2v) is 6.57. The Labute approximate surface area is 144 Å². The molecule has 24 heavy (non-hydrogen) atoms. The van der Waals surface area contributed by atoms with Crippen LogP contribution in [0, 0.1) is 5.92 Å². The molecule has 0 spiro atoms. The molecule has 7 heteroatoms. The van der Waals surface area contributed by atoms with Gasteiger partial charge in [-0.3, -0.25) is 19.3 Å². The van der Waals surface area contributed by atoms with Crippen LogP contribution >= 0.6 is 0 Å². The molecule has 0 aromatic carbocycles. The summed E-state index contributed by atoms with van der Waals surface area (Å²) in [7, 11) is 0. The van der Waals surface area contributed by atoms with Crippen molar-refractivity contribution in [2.24, 2.45) is 5.92 Å². The number of amides is 3. The number of hydrogen-bond donors (Lipinski definition) is 1. The van der Waals surface area contributed by atoms with E-state index in [1.165, 1.54) is 0 Å². The molecule has 1 saturated heterocycles. The molecule has 0 radical (unpaired) electrons. The van der Waals surface area contributed by atoms with E-state index >= 15 is 0 Å². The molecule has 3 amide bonds. The molecule has 0 aromatic heterocycles. The second-order valence-electron chi connectivity index (χ2n) is 6.57. The van der Waals surface area contributed by atoms with Gasteiger partial charge < -0.3 is 15.1 Å². The van der Waals surface area contributed by atoms with Crippen molar-refractivity contribution >= 4 is 17.7 Å². The maximum absolute atomic E-state index is 12.2. The summed E-state index contributed by atoms with van der Waals surface area (Å²) in [6, 6.07) is 0. The first-order valence-electron chi connectivity index (χ1n) is 9.10. The first-order chi connectivity index (χ1) is 11.5. The van der Waals surface area contributed by atoms with Gasteiger partial charge in [-0.1, -0.05) is 0 Å². The van der Waals surface area contributed by atoms with Gasteiger partial charge in [0.2, 0.25) is 17.7 Å². The lowest BCUT2D eigenvalue weighted by atomic mass is 10.3. The van der Waals surface area contributed by atoms with Crippen molar-refractivity contribution in [2.45, 2.75) is 33.1 Å². The standard InChI is InChI=1S/C17H30N4O3/c1-3-20(4-2)16(23)13-19-8-5-9-21(11-10-19)15(22)12-18-17(24)14-6-7-14/h14H,3-13H2,1-2H3,(H,18,24). The molecule has 2 aliphatic rings. The minimum Gasteiger partial charge on any atom is -0.347 e. The van der Waals surface area contributed by atoms with Gasteiger partial charge in [-0.25, -0.2) is 0 Å². The van der Waals surface area contributed by atoms with E-state index in [-0.39, 0.29) is 30.2 Å². The highest BCUT2D eigenvalue weighted by atomic mass is 16.2. The summed E-state index contributed by atoms with van der Waals surface area (Å²) >= 11 is 0. The fourth-order valence-electron chi connectivity index (χ4n) is 3.01. The normalized spacial score (nSPS) is 18.8. The maximum atomic E-state index is 12.2. The number of rotatable bonds is 7. The Morgan fingerprint density at radius 1 is 1.04 bits per heavy atom. The van der Waals surface area contributed by atoms with Crippen molar-refractivity contribution in [3.8, 4) is 0 Å². The fraction of sp³-hybridized carbons (Fsp3) is 0.824. The van der Waals surface area contributed by atoms with Gasteiger partial charge in [0.25, 0.3) is 0 Å². The van der Waals surface area contributed by atoms with E-state index in [1.54, 1.807) is 4.90 Å². The van der Waals surface area contributed by atoms with E-state index < -0.39 is 0 Å². The molecular formula is C17H30N4O3. The summed E-state index contributed by atoms with van der Waals surface area (Å²) in [6.45, 7) is 8.78. The van der Waals surface area contributed by atoms with Gasteiger partial charge in [0.1, 0.15) is 0 Å². The lowest BCUT2D eigenvalue weighted by molar-refractivity contribution is -0.133. The van der Waals surface area contributed by atoms with Crippen molar-refractivity contribution in [1.82, 2.24) is 20.0 Å². The van der Waals surface area contributed by atoms with Crippen LogP contribution in [0.3, 0.4) is 0 Å². The zero-order chi connectivity index (χ0) is 17.5. The van der Waals surface area contributed by atoms with Gasteiger partial charge in [0, 0.05) is 45.2 Å². The lowest BCUT2D eigenvalue weighted by Crippen LogP contribution is -2.43. The van der Waals surface area contributed by atoms with Crippen molar-refractivity contribution in [1.29, 1.82) is 0 Å². The molecule has 1 aliphatic heterocycles. The van der Waals surface area contributed by atoms with Crippen LogP contribution in [0.15, 0.2) is 0 Å². The highest BCUT2D eigenvalue weighted by Crippen LogP contribution is 2.28. The van der Waals surface area contributed by atoms with Gasteiger partial charge in [-0.2, -0.15) is 0 Å². The Morgan fingerprint density at radius 2 is 1.75 bits per heavy atom. The van der Waals surface area contributed by atoms with Gasteiger partial charge in [-0.05, 0) is 33.1 Å².